The summed E-state index contributed by atoms with van der Waals surface area (Å²) in [7, 11) is 1.70. The van der Waals surface area contributed by atoms with Crippen LogP contribution < -0.4 is 11.1 Å². The Morgan fingerprint density at radius 3 is 2.83 bits per heavy atom. The van der Waals surface area contributed by atoms with Crippen LogP contribution in [0.1, 0.15) is 12.8 Å². The van der Waals surface area contributed by atoms with E-state index in [0.717, 1.165) is 12.5 Å². The average Bonchev–Trinajstić information content (AvgIpc) is 2.80. The first-order chi connectivity index (χ1) is 5.74. The van der Waals surface area contributed by atoms with Gasteiger partial charge in [-0.1, -0.05) is 0 Å². The van der Waals surface area contributed by atoms with Crippen LogP contribution in [0.2, 0.25) is 0 Å². The molecule has 4 nitrogen and oxygen atoms in total. The fraction of sp³-hybridized carbons (Fsp3) is 0.875. The number of nitrogens with two attached hydrogens (primary N) is 1. The van der Waals surface area contributed by atoms with Crippen molar-refractivity contribution in [2.45, 2.75) is 18.9 Å². The molecule has 1 unspecified atom stereocenters. The minimum absolute atomic E-state index is 0.344. The minimum atomic E-state index is -0.353. The Hall–Kier alpha value is -0.610. The summed E-state index contributed by atoms with van der Waals surface area (Å²) in [6.07, 6.45) is 2.53. The molecule has 0 aromatic heterocycles. The van der Waals surface area contributed by atoms with Crippen molar-refractivity contribution in [3.8, 4) is 0 Å². The smallest absolute Gasteiger partial charge is 0.236 e. The van der Waals surface area contributed by atoms with Crippen LogP contribution in [-0.4, -0.2) is 32.2 Å². The first-order valence-corrected chi connectivity index (χ1v) is 4.28. The van der Waals surface area contributed by atoms with Gasteiger partial charge >= 0.3 is 0 Å². The van der Waals surface area contributed by atoms with Gasteiger partial charge in [-0.15, -0.1) is 0 Å². The van der Waals surface area contributed by atoms with Crippen LogP contribution in [0.15, 0.2) is 0 Å². The number of nitrogens with one attached hydrogen (secondary N) is 1. The molecule has 1 atom stereocenters. The zero-order chi connectivity index (χ0) is 8.97. The zero-order valence-corrected chi connectivity index (χ0v) is 7.38. The maximum absolute atomic E-state index is 10.7. The lowest BCUT2D eigenvalue weighted by Crippen LogP contribution is -2.42. The number of hydrogen-bond donors (Lipinski definition) is 2. The van der Waals surface area contributed by atoms with Crippen LogP contribution in [-0.2, 0) is 9.53 Å². The quantitative estimate of drug-likeness (QED) is 0.567. The molecule has 1 amide bonds. The summed E-state index contributed by atoms with van der Waals surface area (Å²) in [5, 5.41) is 2.80. The van der Waals surface area contributed by atoms with Gasteiger partial charge in [-0.25, -0.2) is 0 Å². The van der Waals surface area contributed by atoms with Crippen LogP contribution in [0.3, 0.4) is 0 Å². The summed E-state index contributed by atoms with van der Waals surface area (Å²) < 4.78 is 5.31. The molecule has 0 bridgehead atoms. The minimum Gasteiger partial charge on any atom is -0.379 e. The van der Waals surface area contributed by atoms with E-state index in [2.05, 4.69) is 5.32 Å². The van der Waals surface area contributed by atoms with Crippen molar-refractivity contribution in [3.63, 3.8) is 0 Å². The molecule has 0 radical (unpaired) electrons. The number of rotatable bonds is 6. The first-order valence-electron chi connectivity index (χ1n) is 4.28. The van der Waals surface area contributed by atoms with Crippen molar-refractivity contribution in [2.75, 3.05) is 20.3 Å². The summed E-state index contributed by atoms with van der Waals surface area (Å²) >= 11 is 0. The number of ether oxygens (including phenoxy) is 1. The van der Waals surface area contributed by atoms with Crippen molar-refractivity contribution >= 4 is 5.91 Å². The Morgan fingerprint density at radius 1 is 1.75 bits per heavy atom. The molecule has 70 valence electrons. The van der Waals surface area contributed by atoms with Crippen LogP contribution in [0, 0.1) is 5.92 Å². The number of amides is 1. The van der Waals surface area contributed by atoms with Crippen LogP contribution in [0.4, 0.5) is 0 Å². The van der Waals surface area contributed by atoms with Crippen LogP contribution in [0.25, 0.3) is 0 Å². The third kappa shape index (κ3) is 3.19. The van der Waals surface area contributed by atoms with E-state index in [-0.39, 0.29) is 11.9 Å². The van der Waals surface area contributed by atoms with Crippen molar-refractivity contribution in [1.82, 2.24) is 5.32 Å². The second-order valence-electron chi connectivity index (χ2n) is 3.22. The van der Waals surface area contributed by atoms with Crippen molar-refractivity contribution in [3.05, 3.63) is 0 Å². The molecule has 0 spiro atoms. The molecule has 1 fully saturated rings. The molecule has 1 aliphatic rings. The van der Waals surface area contributed by atoms with Gasteiger partial charge < -0.3 is 15.8 Å². The monoisotopic (exact) mass is 172 g/mol. The maximum Gasteiger partial charge on any atom is 0.236 e. The van der Waals surface area contributed by atoms with Gasteiger partial charge in [0.15, 0.2) is 0 Å². The third-order valence-electron chi connectivity index (χ3n) is 2.03. The van der Waals surface area contributed by atoms with E-state index in [9.17, 15) is 4.79 Å². The van der Waals surface area contributed by atoms with E-state index in [4.69, 9.17) is 10.5 Å². The van der Waals surface area contributed by atoms with E-state index in [1.807, 2.05) is 0 Å². The molecular formula is C8H16N2O2. The second-order valence-corrected chi connectivity index (χ2v) is 3.22. The molecule has 0 saturated heterocycles. The average molecular weight is 172 g/mol. The van der Waals surface area contributed by atoms with Crippen molar-refractivity contribution < 1.29 is 9.53 Å². The molecule has 0 heterocycles. The Labute approximate surface area is 72.5 Å². The van der Waals surface area contributed by atoms with Gasteiger partial charge in [0.25, 0.3) is 0 Å². The summed E-state index contributed by atoms with van der Waals surface area (Å²) in [6.45, 7) is 1.16. The molecule has 1 rings (SSSR count). The van der Waals surface area contributed by atoms with Gasteiger partial charge in [-0.3, -0.25) is 4.79 Å². The fourth-order valence-corrected chi connectivity index (χ4v) is 0.945. The van der Waals surface area contributed by atoms with E-state index < -0.39 is 0 Å². The van der Waals surface area contributed by atoms with Gasteiger partial charge in [-0.05, 0) is 25.8 Å². The molecule has 0 aliphatic heterocycles. The highest BCUT2D eigenvalue weighted by Gasteiger charge is 2.22. The Bertz CT molecular complexity index is 157. The summed E-state index contributed by atoms with van der Waals surface area (Å²) in [6, 6.07) is -0.344. The lowest BCUT2D eigenvalue weighted by molar-refractivity contribution is -0.121. The lowest BCUT2D eigenvalue weighted by Gasteiger charge is -2.11. The topological polar surface area (TPSA) is 64.3 Å². The summed E-state index contributed by atoms with van der Waals surface area (Å²) in [4.78, 5) is 10.7. The number of hydrogen-bond acceptors (Lipinski definition) is 3. The Morgan fingerprint density at radius 2 is 2.42 bits per heavy atom. The second kappa shape index (κ2) is 4.42. The summed E-state index contributed by atoms with van der Waals surface area (Å²) in [5.41, 5.74) is 5.10. The standard InChI is InChI=1S/C8H16N2O2/c1-10-7(8(9)11)5-12-4-6-2-3-6/h6-7,10H,2-5H2,1H3,(H2,9,11). The zero-order valence-electron chi connectivity index (χ0n) is 7.38. The predicted molar refractivity (Wildman–Crippen MR) is 45.6 cm³/mol. The SMILES string of the molecule is CNC(COCC1CC1)C(N)=O. The summed E-state index contributed by atoms with van der Waals surface area (Å²) in [5.74, 6) is 0.378. The Kier molecular flexibility index (Phi) is 3.49. The van der Waals surface area contributed by atoms with E-state index in [1.165, 1.54) is 12.8 Å². The highest BCUT2D eigenvalue weighted by atomic mass is 16.5. The number of carbonyl (C=O) groups is 1. The van der Waals surface area contributed by atoms with Crippen LogP contribution in [0.5, 0.6) is 0 Å². The van der Waals surface area contributed by atoms with Gasteiger partial charge in [0, 0.05) is 6.61 Å². The maximum atomic E-state index is 10.7. The fourth-order valence-electron chi connectivity index (χ4n) is 0.945. The predicted octanol–water partition coefficient (Wildman–Crippen LogP) is -0.514. The largest absolute Gasteiger partial charge is 0.379 e. The molecule has 4 heteroatoms. The lowest BCUT2D eigenvalue weighted by atomic mass is 10.3. The number of primary amides is 1. The highest BCUT2D eigenvalue weighted by Crippen LogP contribution is 2.28. The highest BCUT2D eigenvalue weighted by molar-refractivity contribution is 5.79. The van der Waals surface area contributed by atoms with Gasteiger partial charge in [0.2, 0.25) is 5.91 Å². The first kappa shape index (κ1) is 9.48. The normalized spacial score (nSPS) is 19.1. The molecule has 1 saturated carbocycles. The van der Waals surface area contributed by atoms with Gasteiger partial charge in [0.05, 0.1) is 6.61 Å². The van der Waals surface area contributed by atoms with Crippen molar-refractivity contribution in [2.24, 2.45) is 11.7 Å². The molecule has 1 aliphatic carbocycles. The van der Waals surface area contributed by atoms with Crippen LogP contribution >= 0.6 is 0 Å². The van der Waals surface area contributed by atoms with E-state index >= 15 is 0 Å². The molecular weight excluding hydrogens is 156 g/mol. The van der Waals surface area contributed by atoms with Gasteiger partial charge in [0.1, 0.15) is 6.04 Å². The number of likely N-dealkylation sites (N-methyl/N-ethyl adjacent to an activating group) is 1. The van der Waals surface area contributed by atoms with Crippen molar-refractivity contribution in [1.29, 1.82) is 0 Å². The van der Waals surface area contributed by atoms with Gasteiger partial charge in [-0.2, -0.15) is 0 Å². The third-order valence-corrected chi connectivity index (χ3v) is 2.03. The molecule has 12 heavy (non-hydrogen) atoms. The molecule has 3 N–H and O–H groups in total. The Balaban J connectivity index is 2.05. The van der Waals surface area contributed by atoms with E-state index in [1.54, 1.807) is 7.05 Å². The number of carbonyl (C=O) groups excluding carboxylic acids is 1. The molecule has 0 aromatic carbocycles. The van der Waals surface area contributed by atoms with E-state index in [0.29, 0.717) is 6.61 Å². The molecule has 0 aromatic rings.